The predicted octanol–water partition coefficient (Wildman–Crippen LogP) is 21.1. The maximum Gasteiger partial charge on any atom is 0.306 e. The van der Waals surface area contributed by atoms with Gasteiger partial charge in [0.15, 0.2) is 6.10 Å². The lowest BCUT2D eigenvalue weighted by molar-refractivity contribution is -0.167. The normalized spacial score (nSPS) is 12.6. The van der Waals surface area contributed by atoms with Crippen LogP contribution >= 0.6 is 0 Å². The topological polar surface area (TPSA) is 78.9 Å². The van der Waals surface area contributed by atoms with Crippen molar-refractivity contribution < 1.29 is 28.6 Å². The summed E-state index contributed by atoms with van der Waals surface area (Å²) >= 11 is 0. The van der Waals surface area contributed by atoms with E-state index in [1.807, 2.05) is 0 Å². The summed E-state index contributed by atoms with van der Waals surface area (Å²) in [5.74, 6) is -0.950. The van der Waals surface area contributed by atoms with Crippen molar-refractivity contribution in [1.29, 1.82) is 0 Å². The predicted molar refractivity (Wildman–Crippen MR) is 316 cm³/mol. The monoisotopic (exact) mass is 1020 g/mol. The average molecular weight is 1020 g/mol. The second-order valence-corrected chi connectivity index (χ2v) is 20.6. The molecule has 0 heterocycles. The van der Waals surface area contributed by atoms with Crippen molar-refractivity contribution in [2.45, 2.75) is 309 Å². The van der Waals surface area contributed by atoms with Gasteiger partial charge >= 0.3 is 17.9 Å². The van der Waals surface area contributed by atoms with Crippen LogP contribution in [0.15, 0.2) is 85.1 Å². The van der Waals surface area contributed by atoms with E-state index in [4.69, 9.17) is 14.2 Å². The molecule has 0 bridgehead atoms. The summed E-state index contributed by atoms with van der Waals surface area (Å²) in [5, 5.41) is 0. The highest BCUT2D eigenvalue weighted by Gasteiger charge is 2.19. The number of hydrogen-bond donors (Lipinski definition) is 0. The molecule has 0 spiro atoms. The maximum absolute atomic E-state index is 12.9. The van der Waals surface area contributed by atoms with Crippen LogP contribution in [0, 0.1) is 0 Å². The summed E-state index contributed by atoms with van der Waals surface area (Å²) in [6.07, 6.45) is 80.1. The van der Waals surface area contributed by atoms with Crippen molar-refractivity contribution in [1.82, 2.24) is 0 Å². The molecule has 0 aromatic heterocycles. The summed E-state index contributed by atoms with van der Waals surface area (Å²) in [7, 11) is 0. The second-order valence-electron chi connectivity index (χ2n) is 20.6. The summed E-state index contributed by atoms with van der Waals surface area (Å²) < 4.78 is 16.9. The number of esters is 3. The highest BCUT2D eigenvalue weighted by Crippen LogP contribution is 2.15. The first-order valence-electron chi connectivity index (χ1n) is 31.1. The Morgan fingerprint density at radius 2 is 0.507 bits per heavy atom. The highest BCUT2D eigenvalue weighted by atomic mass is 16.6. The van der Waals surface area contributed by atoms with Crippen molar-refractivity contribution in [3.63, 3.8) is 0 Å². The Labute approximate surface area is 452 Å². The third-order valence-electron chi connectivity index (χ3n) is 13.3. The molecular formula is C67H116O6. The Kier molecular flexibility index (Phi) is 58.3. The highest BCUT2D eigenvalue weighted by molar-refractivity contribution is 5.71. The van der Waals surface area contributed by atoms with Crippen molar-refractivity contribution in [3.8, 4) is 0 Å². The van der Waals surface area contributed by atoms with E-state index in [-0.39, 0.29) is 37.5 Å². The van der Waals surface area contributed by atoms with E-state index in [0.717, 1.165) is 70.6 Å². The minimum absolute atomic E-state index is 0.0957. The van der Waals surface area contributed by atoms with E-state index < -0.39 is 6.10 Å². The van der Waals surface area contributed by atoms with Crippen molar-refractivity contribution >= 4 is 17.9 Å². The Balaban J connectivity index is 4.45. The van der Waals surface area contributed by atoms with Crippen LogP contribution in [0.5, 0.6) is 0 Å². The van der Waals surface area contributed by atoms with Gasteiger partial charge in [0, 0.05) is 19.3 Å². The molecule has 0 rings (SSSR count). The Morgan fingerprint density at radius 3 is 0.863 bits per heavy atom. The number of carbonyl (C=O) groups excluding carboxylic acids is 3. The molecule has 0 aliphatic heterocycles. The quantitative estimate of drug-likeness (QED) is 0.0261. The van der Waals surface area contributed by atoms with Gasteiger partial charge in [0.25, 0.3) is 0 Å². The van der Waals surface area contributed by atoms with Gasteiger partial charge in [0.2, 0.25) is 0 Å². The molecule has 0 aromatic carbocycles. The molecule has 0 fully saturated rings. The van der Waals surface area contributed by atoms with Gasteiger partial charge in [-0.25, -0.2) is 0 Å². The largest absolute Gasteiger partial charge is 0.462 e. The first-order valence-corrected chi connectivity index (χ1v) is 31.1. The van der Waals surface area contributed by atoms with Gasteiger partial charge in [-0.1, -0.05) is 254 Å². The molecule has 0 unspecified atom stereocenters. The van der Waals surface area contributed by atoms with Crippen LogP contribution in [-0.4, -0.2) is 37.2 Å². The van der Waals surface area contributed by atoms with Crippen LogP contribution < -0.4 is 0 Å². The van der Waals surface area contributed by atoms with E-state index in [9.17, 15) is 14.4 Å². The van der Waals surface area contributed by atoms with Crippen molar-refractivity contribution in [2.75, 3.05) is 13.2 Å². The number of unbranched alkanes of at least 4 members (excludes halogenated alkanes) is 31. The maximum atomic E-state index is 12.9. The van der Waals surface area contributed by atoms with Gasteiger partial charge in [-0.2, -0.15) is 0 Å². The fraction of sp³-hybridized carbons (Fsp3) is 0.746. The van der Waals surface area contributed by atoms with Gasteiger partial charge in [0.05, 0.1) is 0 Å². The minimum atomic E-state index is -0.803. The zero-order chi connectivity index (χ0) is 52.9. The van der Waals surface area contributed by atoms with Crippen LogP contribution in [0.1, 0.15) is 303 Å². The number of hydrogen-bond acceptors (Lipinski definition) is 6. The molecular weight excluding hydrogens is 901 g/mol. The standard InChI is InChI=1S/C67H116O6/c1-4-7-10-13-16-19-22-25-28-31-33-36-39-42-45-48-51-54-57-60-66(69)72-63-64(62-71-65(68)59-56-53-50-47-44-41-38-35-30-27-24-21-18-15-12-9-6-3)73-67(70)61-58-55-52-49-46-43-40-37-34-32-29-26-23-20-17-14-11-8-5-2/h16,18-19,21,25-30,38,41,47,50,64H,4-15,17,20,22-24,31-37,39-40,42-46,48-49,51-63H2,1-3H3/b19-16+,21-18+,28-25+,29-26+,30-27+,41-38+,50-47+/t64-/m1/s1. The van der Waals surface area contributed by atoms with E-state index in [1.54, 1.807) is 0 Å². The lowest BCUT2D eigenvalue weighted by atomic mass is 10.1. The molecule has 0 aromatic rings. The summed E-state index contributed by atoms with van der Waals surface area (Å²) in [5.41, 5.74) is 0. The molecule has 0 saturated carbocycles. The van der Waals surface area contributed by atoms with Crippen molar-refractivity contribution in [3.05, 3.63) is 85.1 Å². The molecule has 0 N–H and O–H groups in total. The third-order valence-corrected chi connectivity index (χ3v) is 13.3. The lowest BCUT2D eigenvalue weighted by Crippen LogP contribution is -2.30. The number of rotatable bonds is 56. The molecule has 73 heavy (non-hydrogen) atoms. The van der Waals surface area contributed by atoms with Crippen LogP contribution in [0.3, 0.4) is 0 Å². The SMILES string of the molecule is CCCCC/C=C/C/C=C/C/C=C/C/C=C/CCCC(=O)OC[C@H](COC(=O)CCCCCCCCCCC/C=C/C/C=C/CCCCC)OC(=O)CCCCCCCCCCC/C=C/CCCCCCCC. The molecule has 0 aliphatic rings. The van der Waals surface area contributed by atoms with Gasteiger partial charge in [-0.05, 0) is 116 Å². The summed E-state index contributed by atoms with van der Waals surface area (Å²) in [6.45, 7) is 6.56. The molecule has 0 saturated heterocycles. The van der Waals surface area contributed by atoms with Gasteiger partial charge < -0.3 is 14.2 Å². The smallest absolute Gasteiger partial charge is 0.306 e. The fourth-order valence-electron chi connectivity index (χ4n) is 8.64. The van der Waals surface area contributed by atoms with Crippen LogP contribution in [0.25, 0.3) is 0 Å². The van der Waals surface area contributed by atoms with Crippen molar-refractivity contribution in [2.24, 2.45) is 0 Å². The van der Waals surface area contributed by atoms with Gasteiger partial charge in [-0.15, -0.1) is 0 Å². The van der Waals surface area contributed by atoms with E-state index in [2.05, 4.69) is 106 Å². The summed E-state index contributed by atoms with van der Waals surface area (Å²) in [4.78, 5) is 38.3. The number of carbonyl (C=O) groups is 3. The first-order chi connectivity index (χ1) is 36.0. The van der Waals surface area contributed by atoms with E-state index >= 15 is 0 Å². The molecule has 0 radical (unpaired) electrons. The van der Waals surface area contributed by atoms with Crippen LogP contribution in [0.4, 0.5) is 0 Å². The number of allylic oxidation sites excluding steroid dienone is 14. The Morgan fingerprint density at radius 1 is 0.274 bits per heavy atom. The minimum Gasteiger partial charge on any atom is -0.462 e. The summed E-state index contributed by atoms with van der Waals surface area (Å²) in [6, 6.07) is 0. The second kappa shape index (κ2) is 61.1. The average Bonchev–Trinajstić information content (AvgIpc) is 3.39. The number of ether oxygens (including phenoxy) is 3. The molecule has 1 atom stereocenters. The molecule has 0 aliphatic carbocycles. The third kappa shape index (κ3) is 59.3. The first kappa shape index (κ1) is 69.6. The zero-order valence-electron chi connectivity index (χ0n) is 48.1. The van der Waals surface area contributed by atoms with Gasteiger partial charge in [0.1, 0.15) is 13.2 Å². The Hall–Kier alpha value is -3.41. The van der Waals surface area contributed by atoms with E-state index in [0.29, 0.717) is 19.3 Å². The Bertz CT molecular complexity index is 1400. The van der Waals surface area contributed by atoms with E-state index in [1.165, 1.54) is 186 Å². The zero-order valence-corrected chi connectivity index (χ0v) is 48.1. The van der Waals surface area contributed by atoms with Gasteiger partial charge in [-0.3, -0.25) is 14.4 Å². The van der Waals surface area contributed by atoms with Crippen LogP contribution in [-0.2, 0) is 28.6 Å². The lowest BCUT2D eigenvalue weighted by Gasteiger charge is -2.18. The molecule has 6 nitrogen and oxygen atoms in total. The van der Waals surface area contributed by atoms with Crippen LogP contribution in [0.2, 0.25) is 0 Å². The molecule has 6 heteroatoms. The molecule has 0 amide bonds. The fourth-order valence-corrected chi connectivity index (χ4v) is 8.64. The molecule has 420 valence electrons.